The van der Waals surface area contributed by atoms with E-state index in [0.717, 1.165) is 19.8 Å². The van der Waals surface area contributed by atoms with Crippen LogP contribution in [-0.4, -0.2) is 48.7 Å². The van der Waals surface area contributed by atoms with Gasteiger partial charge in [-0.25, -0.2) is 0 Å². The Morgan fingerprint density at radius 2 is 1.72 bits per heavy atom. The number of benzene rings is 1. The van der Waals surface area contributed by atoms with Gasteiger partial charge in [-0.2, -0.15) is 0 Å². The van der Waals surface area contributed by atoms with Crippen molar-refractivity contribution < 1.29 is 0 Å². The van der Waals surface area contributed by atoms with Crippen LogP contribution in [-0.2, 0) is 5.41 Å². The van der Waals surface area contributed by atoms with Crippen LogP contribution >= 0.6 is 0 Å². The van der Waals surface area contributed by atoms with Crippen LogP contribution in [0.25, 0.3) is 0 Å². The third-order valence-electron chi connectivity index (χ3n) is 5.17. The molecule has 3 heteroatoms. The molecule has 4 heterocycles. The van der Waals surface area contributed by atoms with E-state index in [9.17, 15) is 0 Å². The van der Waals surface area contributed by atoms with Crippen LogP contribution < -0.4 is 5.73 Å². The van der Waals surface area contributed by atoms with Crippen molar-refractivity contribution in [2.75, 3.05) is 32.8 Å². The standard InChI is InChI=1S/C15H21N3/c1-11-2-4-13(5-3-11)15-8-17-6-12(14(15)16)7-18(9-15)10-17/h2-5,12,14H,6-10,16H2,1H3. The van der Waals surface area contributed by atoms with Gasteiger partial charge in [-0.3, -0.25) is 9.80 Å². The molecule has 4 saturated heterocycles. The van der Waals surface area contributed by atoms with Crippen molar-refractivity contribution in [2.24, 2.45) is 11.7 Å². The van der Waals surface area contributed by atoms with Crippen molar-refractivity contribution in [3.63, 3.8) is 0 Å². The topological polar surface area (TPSA) is 32.5 Å². The maximum Gasteiger partial charge on any atom is 0.0507 e. The van der Waals surface area contributed by atoms with E-state index in [0.29, 0.717) is 12.0 Å². The van der Waals surface area contributed by atoms with Crippen molar-refractivity contribution >= 4 is 0 Å². The van der Waals surface area contributed by atoms with Gasteiger partial charge in [0.15, 0.2) is 0 Å². The number of hydrogen-bond donors (Lipinski definition) is 1. The minimum Gasteiger partial charge on any atom is -0.326 e. The molecule has 0 saturated carbocycles. The van der Waals surface area contributed by atoms with E-state index in [1.807, 2.05) is 0 Å². The highest BCUT2D eigenvalue weighted by Crippen LogP contribution is 2.43. The molecule has 4 aliphatic rings. The van der Waals surface area contributed by atoms with E-state index in [2.05, 4.69) is 41.0 Å². The first kappa shape index (κ1) is 11.0. The first-order valence-electron chi connectivity index (χ1n) is 6.95. The van der Waals surface area contributed by atoms with Crippen LogP contribution in [0.1, 0.15) is 11.1 Å². The minimum absolute atomic E-state index is 0.174. The highest BCUT2D eigenvalue weighted by Gasteiger charge is 2.55. The largest absolute Gasteiger partial charge is 0.326 e. The number of aryl methyl sites for hydroxylation is 1. The third-order valence-corrected chi connectivity index (χ3v) is 5.17. The molecular weight excluding hydrogens is 222 g/mol. The molecule has 4 bridgehead atoms. The summed E-state index contributed by atoms with van der Waals surface area (Å²) in [4.78, 5) is 5.17. The van der Waals surface area contributed by atoms with Gasteiger partial charge in [0.1, 0.15) is 0 Å². The molecule has 1 aromatic carbocycles. The van der Waals surface area contributed by atoms with Gasteiger partial charge >= 0.3 is 0 Å². The van der Waals surface area contributed by atoms with E-state index in [-0.39, 0.29) is 5.41 Å². The van der Waals surface area contributed by atoms with E-state index in [4.69, 9.17) is 5.73 Å². The number of nitrogens with zero attached hydrogens (tertiary/aromatic N) is 2. The maximum atomic E-state index is 6.62. The zero-order valence-electron chi connectivity index (χ0n) is 11.0. The second-order valence-electron chi connectivity index (χ2n) is 6.47. The average molecular weight is 243 g/mol. The summed E-state index contributed by atoms with van der Waals surface area (Å²) in [5, 5.41) is 0. The molecule has 4 aliphatic heterocycles. The van der Waals surface area contributed by atoms with Crippen LogP contribution in [0, 0.1) is 12.8 Å². The zero-order chi connectivity index (χ0) is 12.3. The Morgan fingerprint density at radius 3 is 2.33 bits per heavy atom. The summed E-state index contributed by atoms with van der Waals surface area (Å²) < 4.78 is 0. The van der Waals surface area contributed by atoms with Crippen molar-refractivity contribution in [1.29, 1.82) is 0 Å². The van der Waals surface area contributed by atoms with Gasteiger partial charge in [0.25, 0.3) is 0 Å². The zero-order valence-corrected chi connectivity index (χ0v) is 11.0. The molecule has 18 heavy (non-hydrogen) atoms. The second-order valence-corrected chi connectivity index (χ2v) is 6.47. The van der Waals surface area contributed by atoms with Gasteiger partial charge in [-0.05, 0) is 12.5 Å². The number of nitrogens with two attached hydrogens (primary N) is 1. The van der Waals surface area contributed by atoms with E-state index < -0.39 is 0 Å². The monoisotopic (exact) mass is 243 g/mol. The van der Waals surface area contributed by atoms with Gasteiger partial charge in [-0.1, -0.05) is 29.8 Å². The molecule has 5 rings (SSSR count). The number of hydrogen-bond acceptors (Lipinski definition) is 3. The van der Waals surface area contributed by atoms with Crippen LogP contribution in [0.15, 0.2) is 24.3 Å². The van der Waals surface area contributed by atoms with Gasteiger partial charge in [0.05, 0.1) is 6.67 Å². The molecule has 3 unspecified atom stereocenters. The molecule has 4 fully saturated rings. The fraction of sp³-hybridized carbons (Fsp3) is 0.600. The molecule has 0 aliphatic carbocycles. The Labute approximate surface area is 109 Å². The number of piperidine rings is 2. The Balaban J connectivity index is 1.79. The smallest absolute Gasteiger partial charge is 0.0507 e. The Kier molecular flexibility index (Phi) is 2.17. The minimum atomic E-state index is 0.174. The molecule has 96 valence electrons. The lowest BCUT2D eigenvalue weighted by atomic mass is 9.63. The summed E-state index contributed by atoms with van der Waals surface area (Å²) in [6.45, 7) is 7.98. The first-order valence-corrected chi connectivity index (χ1v) is 6.95. The summed E-state index contributed by atoms with van der Waals surface area (Å²) in [6, 6.07) is 9.37. The molecule has 3 nitrogen and oxygen atoms in total. The summed E-state index contributed by atoms with van der Waals surface area (Å²) in [5.74, 6) is 0.655. The quantitative estimate of drug-likeness (QED) is 0.791. The summed E-state index contributed by atoms with van der Waals surface area (Å²) in [7, 11) is 0. The highest BCUT2D eigenvalue weighted by atomic mass is 15.4. The SMILES string of the molecule is Cc1ccc(C23CN4CC(CN(C4)C2)C3N)cc1. The Morgan fingerprint density at radius 1 is 1.11 bits per heavy atom. The predicted octanol–water partition coefficient (Wildman–Crippen LogP) is 0.779. The molecule has 0 aromatic heterocycles. The molecule has 0 radical (unpaired) electrons. The summed E-state index contributed by atoms with van der Waals surface area (Å²) >= 11 is 0. The maximum absolute atomic E-state index is 6.62. The van der Waals surface area contributed by atoms with Crippen molar-refractivity contribution in [3.8, 4) is 0 Å². The van der Waals surface area contributed by atoms with Crippen molar-refractivity contribution in [1.82, 2.24) is 9.80 Å². The second kappa shape index (κ2) is 3.56. The molecule has 0 amide bonds. The summed E-state index contributed by atoms with van der Waals surface area (Å²) in [5.41, 5.74) is 9.57. The highest BCUT2D eigenvalue weighted by molar-refractivity contribution is 5.35. The van der Waals surface area contributed by atoms with Gasteiger partial charge in [-0.15, -0.1) is 0 Å². The molecular formula is C15H21N3. The van der Waals surface area contributed by atoms with Gasteiger partial charge in [0, 0.05) is 43.6 Å². The lowest BCUT2D eigenvalue weighted by Gasteiger charge is -2.62. The normalized spacial score (nSPS) is 45.4. The fourth-order valence-corrected chi connectivity index (χ4v) is 4.35. The van der Waals surface area contributed by atoms with Crippen LogP contribution in [0.5, 0.6) is 0 Å². The van der Waals surface area contributed by atoms with Gasteiger partial charge in [0.2, 0.25) is 0 Å². The third kappa shape index (κ3) is 1.35. The lowest BCUT2D eigenvalue weighted by Crippen LogP contribution is -2.77. The molecule has 3 atom stereocenters. The van der Waals surface area contributed by atoms with Crippen LogP contribution in [0.2, 0.25) is 0 Å². The number of rotatable bonds is 1. The van der Waals surface area contributed by atoms with Crippen LogP contribution in [0.3, 0.4) is 0 Å². The van der Waals surface area contributed by atoms with Crippen LogP contribution in [0.4, 0.5) is 0 Å². The van der Waals surface area contributed by atoms with Gasteiger partial charge < -0.3 is 5.73 Å². The fourth-order valence-electron chi connectivity index (χ4n) is 4.35. The van der Waals surface area contributed by atoms with E-state index in [1.54, 1.807) is 0 Å². The Bertz CT molecular complexity index is 453. The molecule has 2 N–H and O–H groups in total. The molecule has 1 aromatic rings. The lowest BCUT2D eigenvalue weighted by molar-refractivity contribution is -0.0991. The van der Waals surface area contributed by atoms with Crippen molar-refractivity contribution in [3.05, 3.63) is 35.4 Å². The molecule has 0 spiro atoms. The van der Waals surface area contributed by atoms with E-state index >= 15 is 0 Å². The van der Waals surface area contributed by atoms with Crippen molar-refractivity contribution in [2.45, 2.75) is 18.4 Å². The first-order chi connectivity index (χ1) is 8.67. The average Bonchev–Trinajstić information content (AvgIpc) is 2.35. The van der Waals surface area contributed by atoms with E-state index in [1.165, 1.54) is 24.2 Å². The predicted molar refractivity (Wildman–Crippen MR) is 72.3 cm³/mol. The summed E-state index contributed by atoms with van der Waals surface area (Å²) in [6.07, 6.45) is 0. The Hall–Kier alpha value is -0.900.